The molecule has 2 N–H and O–H groups in total. The molecule has 0 spiro atoms. The number of nitrogens with one attached hydrogen (secondary N) is 2. The van der Waals surface area contributed by atoms with Crippen molar-refractivity contribution in [3.8, 4) is 11.5 Å². The molecule has 28 heavy (non-hydrogen) atoms. The average molecular weight is 386 g/mol. The van der Waals surface area contributed by atoms with Gasteiger partial charge in [0.15, 0.2) is 0 Å². The molecule has 2 aromatic rings. The van der Waals surface area contributed by atoms with Crippen molar-refractivity contribution in [2.45, 2.75) is 20.8 Å². The molecule has 0 unspecified atom stereocenters. The van der Waals surface area contributed by atoms with Gasteiger partial charge in [-0.15, -0.1) is 0 Å². The van der Waals surface area contributed by atoms with Crippen LogP contribution in [0.25, 0.3) is 0 Å². The number of rotatable bonds is 10. The summed E-state index contributed by atoms with van der Waals surface area (Å²) >= 11 is 0. The molecular weight excluding hydrogens is 360 g/mol. The van der Waals surface area contributed by atoms with Gasteiger partial charge in [-0.05, 0) is 45.0 Å². The summed E-state index contributed by atoms with van der Waals surface area (Å²) in [5, 5.41) is 5.79. The van der Waals surface area contributed by atoms with Crippen LogP contribution in [0.3, 0.4) is 0 Å². The Hall–Kier alpha value is -3.22. The van der Waals surface area contributed by atoms with Crippen LogP contribution < -0.4 is 20.1 Å². The van der Waals surface area contributed by atoms with E-state index in [-0.39, 0.29) is 19.1 Å². The molecule has 0 atom stereocenters. The predicted molar refractivity (Wildman–Crippen MR) is 108 cm³/mol. The Morgan fingerprint density at radius 2 is 1.64 bits per heavy atom. The molecule has 0 saturated heterocycles. The van der Waals surface area contributed by atoms with Crippen LogP contribution in [0.1, 0.15) is 31.1 Å². The molecule has 0 radical (unpaired) electrons. The second kappa shape index (κ2) is 10.8. The number of anilines is 2. The Morgan fingerprint density at radius 3 is 2.36 bits per heavy atom. The van der Waals surface area contributed by atoms with E-state index in [1.807, 2.05) is 19.9 Å². The summed E-state index contributed by atoms with van der Waals surface area (Å²) < 4.78 is 16.1. The largest absolute Gasteiger partial charge is 0.494 e. The second-order valence-electron chi connectivity index (χ2n) is 5.69. The van der Waals surface area contributed by atoms with Gasteiger partial charge in [0.1, 0.15) is 11.5 Å². The highest BCUT2D eigenvalue weighted by Crippen LogP contribution is 2.29. The maximum absolute atomic E-state index is 12.4. The van der Waals surface area contributed by atoms with Crippen molar-refractivity contribution in [1.29, 1.82) is 0 Å². The zero-order valence-corrected chi connectivity index (χ0v) is 16.4. The maximum Gasteiger partial charge on any atom is 0.340 e. The van der Waals surface area contributed by atoms with Gasteiger partial charge in [-0.1, -0.05) is 12.1 Å². The first-order valence-corrected chi connectivity index (χ1v) is 9.28. The number of hydrogen-bond donors (Lipinski definition) is 2. The van der Waals surface area contributed by atoms with Gasteiger partial charge in [0.25, 0.3) is 0 Å². The first-order valence-electron chi connectivity index (χ1n) is 9.28. The molecule has 0 saturated carbocycles. The van der Waals surface area contributed by atoms with E-state index in [4.69, 9.17) is 14.2 Å². The summed E-state index contributed by atoms with van der Waals surface area (Å²) in [6.45, 7) is 6.82. The van der Waals surface area contributed by atoms with E-state index in [1.54, 1.807) is 43.3 Å². The minimum Gasteiger partial charge on any atom is -0.494 e. The van der Waals surface area contributed by atoms with Crippen LogP contribution in [0.5, 0.6) is 11.5 Å². The molecule has 0 aliphatic carbocycles. The van der Waals surface area contributed by atoms with Crippen molar-refractivity contribution in [2.75, 3.05) is 37.0 Å². The first-order chi connectivity index (χ1) is 13.6. The minimum absolute atomic E-state index is 0.00713. The van der Waals surface area contributed by atoms with Crippen LogP contribution in [-0.2, 0) is 9.53 Å². The molecule has 1 amide bonds. The fourth-order valence-corrected chi connectivity index (χ4v) is 2.53. The molecule has 0 bridgehead atoms. The molecule has 0 aromatic heterocycles. The Morgan fingerprint density at radius 1 is 0.893 bits per heavy atom. The lowest BCUT2D eigenvalue weighted by Gasteiger charge is -2.15. The lowest BCUT2D eigenvalue weighted by Crippen LogP contribution is -2.23. The average Bonchev–Trinajstić information content (AvgIpc) is 2.69. The van der Waals surface area contributed by atoms with Crippen LogP contribution >= 0.6 is 0 Å². The highest BCUT2D eigenvalue weighted by molar-refractivity contribution is 6.02. The SMILES string of the molecule is CCOC(=O)c1ccccc1NC(=O)CNc1cc(OCC)ccc1OCC. The Kier molecular flexibility index (Phi) is 8.14. The van der Waals surface area contributed by atoms with E-state index in [0.29, 0.717) is 41.7 Å². The summed E-state index contributed by atoms with van der Waals surface area (Å²) in [4.78, 5) is 24.4. The van der Waals surface area contributed by atoms with Crippen molar-refractivity contribution in [1.82, 2.24) is 0 Å². The Bertz CT molecular complexity index is 807. The van der Waals surface area contributed by atoms with Crippen molar-refractivity contribution in [3.05, 3.63) is 48.0 Å². The van der Waals surface area contributed by atoms with Gasteiger partial charge in [-0.2, -0.15) is 0 Å². The van der Waals surface area contributed by atoms with Crippen LogP contribution in [0.4, 0.5) is 11.4 Å². The highest BCUT2D eigenvalue weighted by atomic mass is 16.5. The number of para-hydroxylation sites is 1. The lowest BCUT2D eigenvalue weighted by molar-refractivity contribution is -0.114. The lowest BCUT2D eigenvalue weighted by atomic mass is 10.2. The zero-order chi connectivity index (χ0) is 20.4. The number of carbonyl (C=O) groups is 2. The normalized spacial score (nSPS) is 10.1. The molecule has 2 aromatic carbocycles. The van der Waals surface area contributed by atoms with Crippen molar-refractivity contribution in [2.24, 2.45) is 0 Å². The van der Waals surface area contributed by atoms with E-state index < -0.39 is 5.97 Å². The summed E-state index contributed by atoms with van der Waals surface area (Å²) in [6.07, 6.45) is 0. The van der Waals surface area contributed by atoms with Gasteiger partial charge in [0.05, 0.1) is 43.3 Å². The molecular formula is C21H26N2O5. The van der Waals surface area contributed by atoms with E-state index in [1.165, 1.54) is 0 Å². The smallest absolute Gasteiger partial charge is 0.340 e. The van der Waals surface area contributed by atoms with E-state index in [2.05, 4.69) is 10.6 Å². The molecule has 7 heteroatoms. The summed E-state index contributed by atoms with van der Waals surface area (Å²) in [5.74, 6) is 0.530. The third kappa shape index (κ3) is 5.90. The van der Waals surface area contributed by atoms with Crippen molar-refractivity contribution >= 4 is 23.3 Å². The maximum atomic E-state index is 12.4. The Labute approximate surface area is 165 Å². The summed E-state index contributed by atoms with van der Waals surface area (Å²) in [6, 6.07) is 12.1. The van der Waals surface area contributed by atoms with Gasteiger partial charge in [-0.25, -0.2) is 4.79 Å². The molecule has 0 fully saturated rings. The van der Waals surface area contributed by atoms with Crippen LogP contribution in [-0.4, -0.2) is 38.2 Å². The fraction of sp³-hybridized carbons (Fsp3) is 0.333. The second-order valence-corrected chi connectivity index (χ2v) is 5.69. The van der Waals surface area contributed by atoms with Crippen LogP contribution in [0.15, 0.2) is 42.5 Å². The third-order valence-corrected chi connectivity index (χ3v) is 3.70. The summed E-state index contributed by atoms with van der Waals surface area (Å²) in [7, 11) is 0. The number of ether oxygens (including phenoxy) is 3. The molecule has 7 nitrogen and oxygen atoms in total. The Balaban J connectivity index is 2.07. The molecule has 0 aliphatic rings. The fourth-order valence-electron chi connectivity index (χ4n) is 2.53. The van der Waals surface area contributed by atoms with Gasteiger partial charge >= 0.3 is 5.97 Å². The quantitative estimate of drug-likeness (QED) is 0.606. The van der Waals surface area contributed by atoms with Crippen molar-refractivity contribution in [3.63, 3.8) is 0 Å². The minimum atomic E-state index is -0.477. The third-order valence-electron chi connectivity index (χ3n) is 3.70. The van der Waals surface area contributed by atoms with Crippen LogP contribution in [0.2, 0.25) is 0 Å². The van der Waals surface area contributed by atoms with Gasteiger partial charge in [0.2, 0.25) is 5.91 Å². The van der Waals surface area contributed by atoms with E-state index in [0.717, 1.165) is 0 Å². The standard InChI is InChI=1S/C21H26N2O5/c1-4-26-15-11-12-19(27-5-2)18(13-15)22-14-20(24)23-17-10-8-7-9-16(17)21(25)28-6-3/h7-13,22H,4-6,14H2,1-3H3,(H,23,24). The molecule has 0 aliphatic heterocycles. The molecule has 0 heterocycles. The molecule has 150 valence electrons. The first kappa shape index (κ1) is 21.1. The topological polar surface area (TPSA) is 85.9 Å². The number of amides is 1. The number of hydrogen-bond acceptors (Lipinski definition) is 6. The summed E-state index contributed by atoms with van der Waals surface area (Å²) in [5.41, 5.74) is 1.37. The number of carbonyl (C=O) groups excluding carboxylic acids is 2. The number of esters is 1. The number of benzene rings is 2. The van der Waals surface area contributed by atoms with Crippen LogP contribution in [0, 0.1) is 0 Å². The highest BCUT2D eigenvalue weighted by Gasteiger charge is 2.14. The van der Waals surface area contributed by atoms with E-state index in [9.17, 15) is 9.59 Å². The molecule has 2 rings (SSSR count). The monoisotopic (exact) mass is 386 g/mol. The zero-order valence-electron chi connectivity index (χ0n) is 16.4. The van der Waals surface area contributed by atoms with Crippen molar-refractivity contribution < 1.29 is 23.8 Å². The predicted octanol–water partition coefficient (Wildman–Crippen LogP) is 3.71. The van der Waals surface area contributed by atoms with Gasteiger partial charge in [0, 0.05) is 6.07 Å². The van der Waals surface area contributed by atoms with Gasteiger partial charge in [-0.3, -0.25) is 4.79 Å². The van der Waals surface area contributed by atoms with Gasteiger partial charge < -0.3 is 24.8 Å². The van der Waals surface area contributed by atoms with E-state index >= 15 is 0 Å².